The maximum atomic E-state index is 8.31. The number of hydrogen-bond donors (Lipinski definition) is 1. The summed E-state index contributed by atoms with van der Waals surface area (Å²) in [4.78, 5) is 0. The molecule has 0 saturated heterocycles. The van der Waals surface area contributed by atoms with E-state index in [0.29, 0.717) is 0 Å². The second-order valence-electron chi connectivity index (χ2n) is 1.35. The van der Waals surface area contributed by atoms with E-state index in [2.05, 4.69) is 0 Å². The van der Waals surface area contributed by atoms with Gasteiger partial charge >= 0.3 is 0 Å². The molecular formula is C4H5Cl2NO. The largest absolute Gasteiger partial charge is 0.393 e. The summed E-state index contributed by atoms with van der Waals surface area (Å²) in [5, 5.41) is 16.3. The zero-order valence-corrected chi connectivity index (χ0v) is 5.58. The minimum absolute atomic E-state index is 0.0490. The first-order valence-electron chi connectivity index (χ1n) is 1.98. The monoisotopic (exact) mass is 153 g/mol. The quantitative estimate of drug-likeness (QED) is 0.604. The summed E-state index contributed by atoms with van der Waals surface area (Å²) >= 11 is 10.6. The summed E-state index contributed by atoms with van der Waals surface area (Å²) in [5.74, 6) is 0. The van der Waals surface area contributed by atoms with Crippen LogP contribution in [0.1, 0.15) is 6.42 Å². The molecule has 1 N–H and O–H groups in total. The van der Waals surface area contributed by atoms with E-state index in [9.17, 15) is 0 Å². The number of aliphatic hydroxyl groups excluding tert-OH is 1. The maximum Gasteiger partial charge on any atom is 0.154 e. The fourth-order valence-corrected chi connectivity index (χ4v) is 0.291. The lowest BCUT2D eigenvalue weighted by Crippen LogP contribution is -2.16. The maximum absolute atomic E-state index is 8.31. The number of rotatable bonds is 2. The smallest absolute Gasteiger partial charge is 0.154 e. The van der Waals surface area contributed by atoms with Crippen molar-refractivity contribution in [2.75, 3.05) is 6.61 Å². The Hall–Kier alpha value is 0.0300. The van der Waals surface area contributed by atoms with Crippen molar-refractivity contribution < 1.29 is 5.11 Å². The van der Waals surface area contributed by atoms with Gasteiger partial charge in [-0.1, -0.05) is 23.2 Å². The highest BCUT2D eigenvalue weighted by molar-refractivity contribution is 6.48. The average molecular weight is 154 g/mol. The van der Waals surface area contributed by atoms with Crippen molar-refractivity contribution in [1.82, 2.24) is 0 Å². The predicted octanol–water partition coefficient (Wildman–Crippen LogP) is 1.07. The Morgan fingerprint density at radius 3 is 2.25 bits per heavy atom. The minimum atomic E-state index is -1.27. The highest BCUT2D eigenvalue weighted by Gasteiger charge is 2.21. The lowest BCUT2D eigenvalue weighted by molar-refractivity contribution is 0.280. The molecule has 0 radical (unpaired) electrons. The Morgan fingerprint density at radius 1 is 1.62 bits per heavy atom. The van der Waals surface area contributed by atoms with E-state index >= 15 is 0 Å². The molecule has 0 aliphatic heterocycles. The number of aliphatic hydroxyl groups is 1. The van der Waals surface area contributed by atoms with Gasteiger partial charge in [0.2, 0.25) is 0 Å². The van der Waals surface area contributed by atoms with Crippen LogP contribution >= 0.6 is 23.2 Å². The average Bonchev–Trinajstić information content (AvgIpc) is 1.67. The topological polar surface area (TPSA) is 44.0 Å². The van der Waals surface area contributed by atoms with Crippen LogP contribution in [0, 0.1) is 11.3 Å². The number of halogens is 2. The van der Waals surface area contributed by atoms with Gasteiger partial charge in [0, 0.05) is 0 Å². The van der Waals surface area contributed by atoms with Gasteiger partial charge in [0.05, 0.1) is 19.1 Å². The molecular weight excluding hydrogens is 149 g/mol. The fourth-order valence-electron chi connectivity index (χ4n) is 0.172. The summed E-state index contributed by atoms with van der Waals surface area (Å²) in [7, 11) is 0. The van der Waals surface area contributed by atoms with E-state index in [1.165, 1.54) is 0 Å². The van der Waals surface area contributed by atoms with Crippen molar-refractivity contribution in [1.29, 1.82) is 5.26 Å². The highest BCUT2D eigenvalue weighted by atomic mass is 35.5. The first-order chi connectivity index (χ1) is 3.62. The molecule has 0 rings (SSSR count). The number of alkyl halides is 2. The molecule has 0 atom stereocenters. The Bertz CT molecular complexity index is 107. The molecule has 46 valence electrons. The van der Waals surface area contributed by atoms with E-state index in [-0.39, 0.29) is 13.0 Å². The van der Waals surface area contributed by atoms with Crippen LogP contribution < -0.4 is 0 Å². The van der Waals surface area contributed by atoms with E-state index in [1.807, 2.05) is 0 Å². The number of nitriles is 1. The highest BCUT2D eigenvalue weighted by Crippen LogP contribution is 2.22. The molecule has 8 heavy (non-hydrogen) atoms. The molecule has 0 aliphatic rings. The third kappa shape index (κ3) is 3.09. The molecule has 0 aromatic rings. The van der Waals surface area contributed by atoms with Crippen molar-refractivity contribution in [3.63, 3.8) is 0 Å². The van der Waals surface area contributed by atoms with Gasteiger partial charge in [-0.2, -0.15) is 5.26 Å². The van der Waals surface area contributed by atoms with E-state index in [1.54, 1.807) is 6.07 Å². The molecule has 0 heterocycles. The summed E-state index contributed by atoms with van der Waals surface area (Å²) in [6, 6.07) is 1.74. The minimum Gasteiger partial charge on any atom is -0.393 e. The van der Waals surface area contributed by atoms with Gasteiger partial charge in [0.1, 0.15) is 0 Å². The van der Waals surface area contributed by atoms with Crippen LogP contribution in [-0.4, -0.2) is 16.0 Å². The third-order valence-electron chi connectivity index (χ3n) is 0.569. The lowest BCUT2D eigenvalue weighted by atomic mass is 10.3. The summed E-state index contributed by atoms with van der Waals surface area (Å²) < 4.78 is -1.27. The van der Waals surface area contributed by atoms with Crippen LogP contribution in [0.3, 0.4) is 0 Å². The second kappa shape index (κ2) is 3.13. The van der Waals surface area contributed by atoms with Crippen molar-refractivity contribution in [3.8, 4) is 6.07 Å². The van der Waals surface area contributed by atoms with Crippen molar-refractivity contribution >= 4 is 23.2 Å². The van der Waals surface area contributed by atoms with Crippen molar-refractivity contribution in [3.05, 3.63) is 0 Å². The van der Waals surface area contributed by atoms with Gasteiger partial charge in [-0.05, 0) is 0 Å². The number of hydrogen-bond acceptors (Lipinski definition) is 2. The van der Waals surface area contributed by atoms with Gasteiger partial charge in [-0.15, -0.1) is 0 Å². The molecule has 0 bridgehead atoms. The summed E-state index contributed by atoms with van der Waals surface area (Å²) in [6.07, 6.45) is -0.0490. The van der Waals surface area contributed by atoms with Gasteiger partial charge in [0.15, 0.2) is 4.33 Å². The zero-order chi connectivity index (χ0) is 6.62. The molecule has 0 fully saturated rings. The van der Waals surface area contributed by atoms with E-state index in [0.717, 1.165) is 0 Å². The first-order valence-corrected chi connectivity index (χ1v) is 2.73. The molecule has 4 heteroatoms. The molecule has 0 aliphatic carbocycles. The van der Waals surface area contributed by atoms with Gasteiger partial charge < -0.3 is 5.11 Å². The lowest BCUT2D eigenvalue weighted by Gasteiger charge is -2.09. The molecule has 2 nitrogen and oxygen atoms in total. The van der Waals surface area contributed by atoms with Crippen LogP contribution in [0.2, 0.25) is 0 Å². The van der Waals surface area contributed by atoms with Crippen LogP contribution in [0.5, 0.6) is 0 Å². The normalized spacial score (nSPS) is 10.8. The zero-order valence-electron chi connectivity index (χ0n) is 4.06. The second-order valence-corrected chi connectivity index (χ2v) is 2.99. The fraction of sp³-hybridized carbons (Fsp3) is 0.750. The van der Waals surface area contributed by atoms with Gasteiger partial charge in [0.25, 0.3) is 0 Å². The van der Waals surface area contributed by atoms with E-state index < -0.39 is 4.33 Å². The Morgan fingerprint density at radius 2 is 2.12 bits per heavy atom. The Labute approximate surface area is 57.6 Å². The van der Waals surface area contributed by atoms with Crippen molar-refractivity contribution in [2.24, 2.45) is 0 Å². The van der Waals surface area contributed by atoms with Crippen molar-refractivity contribution in [2.45, 2.75) is 10.8 Å². The van der Waals surface area contributed by atoms with Crippen LogP contribution in [0.25, 0.3) is 0 Å². The molecule has 0 spiro atoms. The SMILES string of the molecule is N#CCC(Cl)(Cl)CO. The molecule has 0 unspecified atom stereocenters. The third-order valence-corrected chi connectivity index (χ3v) is 1.08. The molecule has 0 aromatic carbocycles. The molecule has 0 saturated carbocycles. The Kier molecular flexibility index (Phi) is 3.15. The summed E-state index contributed by atoms with van der Waals surface area (Å²) in [6.45, 7) is -0.385. The summed E-state index contributed by atoms with van der Waals surface area (Å²) in [5.41, 5.74) is 0. The van der Waals surface area contributed by atoms with Crippen LogP contribution in [0.15, 0.2) is 0 Å². The van der Waals surface area contributed by atoms with E-state index in [4.69, 9.17) is 33.6 Å². The molecule has 0 amide bonds. The molecule has 0 aromatic heterocycles. The number of nitrogens with zero attached hydrogens (tertiary/aromatic N) is 1. The van der Waals surface area contributed by atoms with Crippen LogP contribution in [0.4, 0.5) is 0 Å². The van der Waals surface area contributed by atoms with Gasteiger partial charge in [-0.3, -0.25) is 0 Å². The first kappa shape index (κ1) is 8.03. The predicted molar refractivity (Wildman–Crippen MR) is 31.8 cm³/mol. The van der Waals surface area contributed by atoms with Crippen LogP contribution in [-0.2, 0) is 0 Å². The van der Waals surface area contributed by atoms with Gasteiger partial charge in [-0.25, -0.2) is 0 Å². The Balaban J connectivity index is 3.58. The standard InChI is InChI=1S/C4H5Cl2NO/c5-4(6,3-8)1-2-7/h8H,1,3H2.